The molecule has 1 heterocycles. The number of aromatic nitrogens is 1. The highest BCUT2D eigenvalue weighted by Crippen LogP contribution is 2.23. The molecule has 152 valence electrons. The number of nitrogens with one attached hydrogen (secondary N) is 1. The zero-order valence-corrected chi connectivity index (χ0v) is 16.7. The van der Waals surface area contributed by atoms with Crippen molar-refractivity contribution < 1.29 is 13.6 Å². The highest BCUT2D eigenvalue weighted by Gasteiger charge is 2.13. The normalized spacial score (nSPS) is 12.2. The molecule has 0 aliphatic rings. The minimum atomic E-state index is -0.372. The minimum Gasteiger partial charge on any atom is -0.441 e. The van der Waals surface area contributed by atoms with E-state index in [1.807, 2.05) is 12.1 Å². The zero-order valence-electron chi connectivity index (χ0n) is 16.7. The zero-order chi connectivity index (χ0) is 20.8. The number of hydrogen-bond donors (Lipinski definition) is 2. The maximum atomic E-state index is 13.8. The fraction of sp³-hybridized carbons (Fsp3) is 0.304. The van der Waals surface area contributed by atoms with Crippen LogP contribution in [0.2, 0.25) is 0 Å². The van der Waals surface area contributed by atoms with Crippen LogP contribution in [0.25, 0.3) is 11.3 Å². The molecule has 0 aliphatic heterocycles. The van der Waals surface area contributed by atoms with E-state index in [1.54, 1.807) is 18.2 Å². The Kier molecular flexibility index (Phi) is 6.77. The molecular weight excluding hydrogens is 369 g/mol. The Morgan fingerprint density at radius 2 is 1.83 bits per heavy atom. The predicted molar refractivity (Wildman–Crippen MR) is 111 cm³/mol. The van der Waals surface area contributed by atoms with Gasteiger partial charge in [0.05, 0.1) is 11.8 Å². The SMILES string of the molecule is CC(C)c1ccc(C(N)CNC(=O)CCc2ncc(-c3ccccc3F)o2)cc1. The molecule has 1 amide bonds. The van der Waals surface area contributed by atoms with Crippen molar-refractivity contribution in [2.45, 2.75) is 38.6 Å². The van der Waals surface area contributed by atoms with Gasteiger partial charge in [-0.15, -0.1) is 0 Å². The Bertz CT molecular complexity index is 951. The van der Waals surface area contributed by atoms with Gasteiger partial charge < -0.3 is 15.5 Å². The molecule has 0 aliphatic carbocycles. The smallest absolute Gasteiger partial charge is 0.220 e. The minimum absolute atomic E-state index is 0.134. The van der Waals surface area contributed by atoms with Crippen LogP contribution < -0.4 is 11.1 Å². The van der Waals surface area contributed by atoms with Crippen LogP contribution in [0, 0.1) is 5.82 Å². The van der Waals surface area contributed by atoms with E-state index in [9.17, 15) is 9.18 Å². The molecule has 0 saturated heterocycles. The molecule has 1 atom stereocenters. The van der Waals surface area contributed by atoms with E-state index in [1.165, 1.54) is 17.8 Å². The molecule has 0 bridgehead atoms. The monoisotopic (exact) mass is 395 g/mol. The number of benzene rings is 2. The molecule has 0 saturated carbocycles. The number of nitrogens with two attached hydrogens (primary N) is 1. The first-order chi connectivity index (χ1) is 13.9. The average Bonchev–Trinajstić information content (AvgIpc) is 3.19. The number of nitrogens with zero attached hydrogens (tertiary/aromatic N) is 1. The van der Waals surface area contributed by atoms with Crippen LogP contribution in [-0.2, 0) is 11.2 Å². The maximum Gasteiger partial charge on any atom is 0.220 e. The second-order valence-corrected chi connectivity index (χ2v) is 7.33. The second-order valence-electron chi connectivity index (χ2n) is 7.33. The highest BCUT2D eigenvalue weighted by molar-refractivity contribution is 5.76. The number of carbonyl (C=O) groups is 1. The summed E-state index contributed by atoms with van der Waals surface area (Å²) in [5, 5.41) is 2.84. The summed E-state index contributed by atoms with van der Waals surface area (Å²) >= 11 is 0. The lowest BCUT2D eigenvalue weighted by atomic mass is 9.99. The van der Waals surface area contributed by atoms with Gasteiger partial charge in [-0.1, -0.05) is 50.2 Å². The molecule has 0 spiro atoms. The van der Waals surface area contributed by atoms with Crippen molar-refractivity contribution >= 4 is 5.91 Å². The molecule has 5 nitrogen and oxygen atoms in total. The van der Waals surface area contributed by atoms with Crippen LogP contribution in [-0.4, -0.2) is 17.4 Å². The standard InChI is InChI=1S/C23H26FN3O2/c1-15(2)16-7-9-17(10-8-16)20(25)13-26-22(28)11-12-23-27-14-21(29-23)18-5-3-4-6-19(18)24/h3-10,14-15,20H,11-13,25H2,1-2H3,(H,26,28). The van der Waals surface area contributed by atoms with E-state index in [2.05, 4.69) is 36.3 Å². The van der Waals surface area contributed by atoms with Crippen molar-refractivity contribution in [1.29, 1.82) is 0 Å². The number of halogens is 1. The van der Waals surface area contributed by atoms with Crippen LogP contribution in [0.5, 0.6) is 0 Å². The van der Waals surface area contributed by atoms with E-state index < -0.39 is 0 Å². The predicted octanol–water partition coefficient (Wildman–Crippen LogP) is 4.35. The molecule has 0 radical (unpaired) electrons. The van der Waals surface area contributed by atoms with Gasteiger partial charge >= 0.3 is 0 Å². The summed E-state index contributed by atoms with van der Waals surface area (Å²) < 4.78 is 19.4. The first-order valence-corrected chi connectivity index (χ1v) is 9.75. The Morgan fingerprint density at radius 1 is 1.14 bits per heavy atom. The fourth-order valence-electron chi connectivity index (χ4n) is 2.99. The van der Waals surface area contributed by atoms with Gasteiger partial charge in [-0.25, -0.2) is 9.37 Å². The number of oxazole rings is 1. The lowest BCUT2D eigenvalue weighted by Crippen LogP contribution is -2.32. The summed E-state index contributed by atoms with van der Waals surface area (Å²) in [6.45, 7) is 4.64. The van der Waals surface area contributed by atoms with Gasteiger partial charge in [0.15, 0.2) is 11.7 Å². The van der Waals surface area contributed by atoms with Crippen LogP contribution >= 0.6 is 0 Å². The van der Waals surface area contributed by atoms with Gasteiger partial charge in [0, 0.05) is 25.4 Å². The van der Waals surface area contributed by atoms with Gasteiger partial charge in [0.2, 0.25) is 5.91 Å². The summed E-state index contributed by atoms with van der Waals surface area (Å²) in [6.07, 6.45) is 2.03. The average molecular weight is 395 g/mol. The van der Waals surface area contributed by atoms with Crippen molar-refractivity contribution in [3.63, 3.8) is 0 Å². The van der Waals surface area contributed by atoms with Crippen LogP contribution in [0.3, 0.4) is 0 Å². The molecular formula is C23H26FN3O2. The van der Waals surface area contributed by atoms with Gasteiger partial charge in [-0.05, 0) is 29.2 Å². The van der Waals surface area contributed by atoms with Crippen molar-refractivity contribution in [1.82, 2.24) is 10.3 Å². The van der Waals surface area contributed by atoms with Crippen molar-refractivity contribution in [3.8, 4) is 11.3 Å². The Morgan fingerprint density at radius 3 is 2.52 bits per heavy atom. The lowest BCUT2D eigenvalue weighted by Gasteiger charge is -2.14. The first-order valence-electron chi connectivity index (χ1n) is 9.75. The van der Waals surface area contributed by atoms with Crippen molar-refractivity contribution in [3.05, 3.63) is 77.6 Å². The van der Waals surface area contributed by atoms with E-state index in [0.717, 1.165) is 5.56 Å². The van der Waals surface area contributed by atoms with E-state index in [0.29, 0.717) is 36.1 Å². The van der Waals surface area contributed by atoms with Crippen LogP contribution in [0.4, 0.5) is 4.39 Å². The summed E-state index contributed by atoms with van der Waals surface area (Å²) in [4.78, 5) is 16.3. The molecule has 29 heavy (non-hydrogen) atoms. The summed E-state index contributed by atoms with van der Waals surface area (Å²) in [7, 11) is 0. The Balaban J connectivity index is 1.47. The highest BCUT2D eigenvalue weighted by atomic mass is 19.1. The summed E-state index contributed by atoms with van der Waals surface area (Å²) in [6, 6.07) is 14.2. The molecule has 3 rings (SSSR count). The molecule has 3 N–H and O–H groups in total. The first kappa shape index (κ1) is 20.7. The number of hydrogen-bond acceptors (Lipinski definition) is 4. The Labute approximate surface area is 170 Å². The van der Waals surface area contributed by atoms with Gasteiger partial charge in [0.25, 0.3) is 0 Å². The topological polar surface area (TPSA) is 81.1 Å². The van der Waals surface area contributed by atoms with Crippen molar-refractivity contribution in [2.24, 2.45) is 5.73 Å². The van der Waals surface area contributed by atoms with Crippen LogP contribution in [0.1, 0.15) is 49.2 Å². The third kappa shape index (κ3) is 5.51. The quantitative estimate of drug-likeness (QED) is 0.594. The van der Waals surface area contributed by atoms with Gasteiger partial charge in [-0.2, -0.15) is 0 Å². The largest absolute Gasteiger partial charge is 0.441 e. The fourth-order valence-corrected chi connectivity index (χ4v) is 2.99. The summed E-state index contributed by atoms with van der Waals surface area (Å²) in [5.41, 5.74) is 8.77. The van der Waals surface area contributed by atoms with E-state index >= 15 is 0 Å². The third-order valence-electron chi connectivity index (χ3n) is 4.81. The molecule has 1 unspecified atom stereocenters. The molecule has 6 heteroatoms. The number of amides is 1. The van der Waals surface area contributed by atoms with E-state index in [4.69, 9.17) is 10.2 Å². The van der Waals surface area contributed by atoms with Gasteiger partial charge in [0.1, 0.15) is 5.82 Å². The summed E-state index contributed by atoms with van der Waals surface area (Å²) in [5.74, 6) is 0.708. The van der Waals surface area contributed by atoms with E-state index in [-0.39, 0.29) is 24.2 Å². The maximum absolute atomic E-state index is 13.8. The molecule has 1 aromatic heterocycles. The van der Waals surface area contributed by atoms with Crippen LogP contribution in [0.15, 0.2) is 59.1 Å². The third-order valence-corrected chi connectivity index (χ3v) is 4.81. The Hall–Kier alpha value is -2.99. The molecule has 3 aromatic rings. The molecule has 0 fully saturated rings. The van der Waals surface area contributed by atoms with Crippen molar-refractivity contribution in [2.75, 3.05) is 6.54 Å². The van der Waals surface area contributed by atoms with Gasteiger partial charge in [-0.3, -0.25) is 4.79 Å². The molecule has 2 aromatic carbocycles. The number of rotatable bonds is 8. The lowest BCUT2D eigenvalue weighted by molar-refractivity contribution is -0.121. The number of carbonyl (C=O) groups excluding carboxylic acids is 1. The second kappa shape index (κ2) is 9.47. The number of aryl methyl sites for hydroxylation is 1.